The highest BCUT2D eigenvalue weighted by Crippen LogP contribution is 2.57. The van der Waals surface area contributed by atoms with Crippen molar-refractivity contribution in [2.45, 2.75) is 19.3 Å². The topological polar surface area (TPSA) is 47.6 Å². The van der Waals surface area contributed by atoms with E-state index in [1.807, 2.05) is 74.5 Å². The first-order valence-corrected chi connectivity index (χ1v) is 16.7. The van der Waals surface area contributed by atoms with Gasteiger partial charge in [0, 0.05) is 16.7 Å². The van der Waals surface area contributed by atoms with Crippen molar-refractivity contribution in [3.8, 4) is 56.6 Å². The van der Waals surface area contributed by atoms with Crippen molar-refractivity contribution in [2.75, 3.05) is 0 Å². The summed E-state index contributed by atoms with van der Waals surface area (Å²) in [6, 6.07) is 63.6. The zero-order valence-corrected chi connectivity index (χ0v) is 27.6. The van der Waals surface area contributed by atoms with Crippen LogP contribution in [0.5, 0.6) is 0 Å². The fourth-order valence-electron chi connectivity index (χ4n) is 7.44. The molecule has 0 bridgehead atoms. The minimum atomic E-state index is -0.590. The maximum Gasteiger partial charge on any atom is 0.100 e. The maximum atomic E-state index is 10.5. The monoisotopic (exact) mass is 626 g/mol. The highest BCUT2D eigenvalue weighted by molar-refractivity contribution is 5.93. The number of nitrogens with zero attached hydrogens (tertiary/aromatic N) is 2. The van der Waals surface area contributed by atoms with Gasteiger partial charge in [0.15, 0.2) is 0 Å². The lowest BCUT2D eigenvalue weighted by atomic mass is 9.67. The van der Waals surface area contributed by atoms with E-state index in [0.29, 0.717) is 11.1 Å². The Kier molecular flexibility index (Phi) is 8.47. The third kappa shape index (κ3) is 5.12. The van der Waals surface area contributed by atoms with E-state index < -0.39 is 5.41 Å². The predicted octanol–water partition coefficient (Wildman–Crippen LogP) is 11.8. The van der Waals surface area contributed by atoms with Gasteiger partial charge in [-0.05, 0) is 74.3 Å². The Morgan fingerprint density at radius 3 is 1.39 bits per heavy atom. The second kappa shape index (κ2) is 13.3. The molecule has 0 N–H and O–H groups in total. The van der Waals surface area contributed by atoms with Gasteiger partial charge in [-0.2, -0.15) is 10.5 Å². The van der Waals surface area contributed by atoms with Crippen molar-refractivity contribution >= 4 is 0 Å². The van der Waals surface area contributed by atoms with E-state index in [9.17, 15) is 10.5 Å². The van der Waals surface area contributed by atoms with E-state index in [1.165, 1.54) is 0 Å². The first-order chi connectivity index (χ1) is 24.2. The molecule has 0 aliphatic heterocycles. The van der Waals surface area contributed by atoms with Gasteiger partial charge in [0.25, 0.3) is 0 Å². The molecule has 0 heterocycles. The van der Waals surface area contributed by atoms with Gasteiger partial charge in [0.1, 0.15) is 6.07 Å². The molecule has 0 radical (unpaired) electrons. The van der Waals surface area contributed by atoms with Crippen molar-refractivity contribution < 1.29 is 0 Å². The van der Waals surface area contributed by atoms with Crippen LogP contribution in [0.3, 0.4) is 0 Å². The molecule has 0 aromatic heterocycles. The third-order valence-electron chi connectivity index (χ3n) is 9.45. The molecule has 8 rings (SSSR count). The molecule has 1 aliphatic rings. The molecule has 232 valence electrons. The molecule has 2 nitrogen and oxygen atoms in total. The summed E-state index contributed by atoms with van der Waals surface area (Å²) in [7, 11) is 0. The van der Waals surface area contributed by atoms with Crippen molar-refractivity contribution in [1.29, 1.82) is 10.5 Å². The second-order valence-electron chi connectivity index (χ2n) is 11.9. The first kappa shape index (κ1) is 31.1. The number of nitriles is 2. The Labute approximate surface area is 288 Å². The molecule has 0 saturated heterocycles. The summed E-state index contributed by atoms with van der Waals surface area (Å²) in [5.41, 5.74) is 13.1. The zero-order chi connectivity index (χ0) is 33.8. The zero-order valence-electron chi connectivity index (χ0n) is 27.6. The minimum absolute atomic E-state index is 0.590. The summed E-state index contributed by atoms with van der Waals surface area (Å²) in [6.45, 7) is 4.00. The van der Waals surface area contributed by atoms with Gasteiger partial charge in [-0.3, -0.25) is 0 Å². The van der Waals surface area contributed by atoms with Crippen LogP contribution in [0.1, 0.15) is 47.2 Å². The van der Waals surface area contributed by atoms with Crippen LogP contribution >= 0.6 is 0 Å². The lowest BCUT2D eigenvalue weighted by Crippen LogP contribution is -2.28. The van der Waals surface area contributed by atoms with Gasteiger partial charge in [-0.1, -0.05) is 159 Å². The van der Waals surface area contributed by atoms with Gasteiger partial charge in [0.2, 0.25) is 0 Å². The quantitative estimate of drug-likeness (QED) is 0.191. The molecule has 0 fully saturated rings. The minimum Gasteiger partial charge on any atom is -0.192 e. The Hall–Kier alpha value is -6.48. The molecule has 0 spiro atoms. The lowest BCUT2D eigenvalue weighted by molar-refractivity contribution is 0.768. The van der Waals surface area contributed by atoms with Crippen LogP contribution in [0, 0.1) is 22.7 Å². The molecule has 0 saturated carbocycles. The molecule has 1 aliphatic carbocycles. The van der Waals surface area contributed by atoms with Crippen LogP contribution in [-0.4, -0.2) is 0 Å². The van der Waals surface area contributed by atoms with E-state index in [4.69, 9.17) is 0 Å². The van der Waals surface area contributed by atoms with Crippen molar-refractivity contribution in [2.24, 2.45) is 0 Å². The smallest absolute Gasteiger partial charge is 0.100 e. The highest BCUT2D eigenvalue weighted by Gasteiger charge is 2.47. The van der Waals surface area contributed by atoms with Gasteiger partial charge in [-0.25, -0.2) is 0 Å². The van der Waals surface area contributed by atoms with Gasteiger partial charge in [-0.15, -0.1) is 0 Å². The molecule has 0 atom stereocenters. The Balaban J connectivity index is 0.00000186. The largest absolute Gasteiger partial charge is 0.192 e. The number of hydrogen-bond donors (Lipinski definition) is 0. The van der Waals surface area contributed by atoms with Gasteiger partial charge >= 0.3 is 0 Å². The summed E-state index contributed by atoms with van der Waals surface area (Å²) in [6.07, 6.45) is 0. The fraction of sp³-hybridized carbons (Fsp3) is 0.0638. The van der Waals surface area contributed by atoms with Crippen LogP contribution in [-0.2, 0) is 5.41 Å². The highest BCUT2D eigenvalue weighted by atomic mass is 14.5. The SMILES string of the molecule is CC.N#Cc1cccc2c1-c1cc(-c3cc(-c4ccccc4)c(C#N)c(-c4ccccc4)c3)ccc1C2(c1ccccc1)c1ccccc1. The normalized spacial score (nSPS) is 12.0. The number of benzene rings is 7. The summed E-state index contributed by atoms with van der Waals surface area (Å²) in [5.74, 6) is 0. The third-order valence-corrected chi connectivity index (χ3v) is 9.45. The Morgan fingerprint density at radius 1 is 0.408 bits per heavy atom. The predicted molar refractivity (Wildman–Crippen MR) is 201 cm³/mol. The van der Waals surface area contributed by atoms with Gasteiger partial charge < -0.3 is 0 Å². The summed E-state index contributed by atoms with van der Waals surface area (Å²) >= 11 is 0. The van der Waals surface area contributed by atoms with E-state index in [1.54, 1.807) is 0 Å². The first-order valence-electron chi connectivity index (χ1n) is 16.7. The van der Waals surface area contributed by atoms with E-state index in [2.05, 4.69) is 121 Å². The average molecular weight is 627 g/mol. The summed E-state index contributed by atoms with van der Waals surface area (Å²) in [4.78, 5) is 0. The number of hydrogen-bond acceptors (Lipinski definition) is 2. The molecule has 7 aromatic carbocycles. The lowest BCUT2D eigenvalue weighted by Gasteiger charge is -2.34. The molecule has 0 unspecified atom stereocenters. The Bertz CT molecular complexity index is 2240. The van der Waals surface area contributed by atoms with E-state index >= 15 is 0 Å². The van der Waals surface area contributed by atoms with Crippen LogP contribution in [0.2, 0.25) is 0 Å². The van der Waals surface area contributed by atoms with Crippen molar-refractivity contribution in [1.82, 2.24) is 0 Å². The van der Waals surface area contributed by atoms with E-state index in [-0.39, 0.29) is 0 Å². The standard InChI is InChI=1S/C45H28N2.C2H6/c46-29-34-18-13-23-43-44(34)40-26-33(24-25-42(40)45(43,36-19-9-3-10-20-36)37-21-11-4-12-22-37)35-27-38(31-14-5-1-6-15-31)41(30-47)39(28-35)32-16-7-2-8-17-32;1-2/h1-28H;1-2H3. The summed E-state index contributed by atoms with van der Waals surface area (Å²) < 4.78 is 0. The Morgan fingerprint density at radius 2 is 0.898 bits per heavy atom. The maximum absolute atomic E-state index is 10.5. The number of rotatable bonds is 5. The number of fused-ring (bicyclic) bond motifs is 3. The van der Waals surface area contributed by atoms with E-state index in [0.717, 1.165) is 66.8 Å². The van der Waals surface area contributed by atoms with Crippen molar-refractivity contribution in [3.63, 3.8) is 0 Å². The molecular formula is C47H34N2. The second-order valence-corrected chi connectivity index (χ2v) is 11.9. The fourth-order valence-corrected chi connectivity index (χ4v) is 7.44. The van der Waals surface area contributed by atoms with Crippen LogP contribution < -0.4 is 0 Å². The summed E-state index contributed by atoms with van der Waals surface area (Å²) in [5, 5.41) is 20.9. The molecular weight excluding hydrogens is 593 g/mol. The molecule has 49 heavy (non-hydrogen) atoms. The molecule has 2 heteroatoms. The average Bonchev–Trinajstić information content (AvgIpc) is 3.50. The van der Waals surface area contributed by atoms with Gasteiger partial charge in [0.05, 0.1) is 22.6 Å². The molecule has 7 aromatic rings. The van der Waals surface area contributed by atoms with Crippen LogP contribution in [0.15, 0.2) is 170 Å². The van der Waals surface area contributed by atoms with Crippen molar-refractivity contribution in [3.05, 3.63) is 203 Å². The van der Waals surface area contributed by atoms with Crippen LogP contribution in [0.25, 0.3) is 44.5 Å². The van der Waals surface area contributed by atoms with Crippen LogP contribution in [0.4, 0.5) is 0 Å². The molecule has 0 amide bonds.